The molecule has 7 heteroatoms. The maximum atomic E-state index is 12.1. The summed E-state index contributed by atoms with van der Waals surface area (Å²) in [6.07, 6.45) is -0.568. The van der Waals surface area contributed by atoms with Gasteiger partial charge in [-0.2, -0.15) is 0 Å². The minimum Gasteiger partial charge on any atom is -0.392 e. The number of aromatic nitrogens is 1. The average molecular weight is 286 g/mol. The molecule has 1 aromatic rings. The Bertz CT molecular complexity index is 431. The fraction of sp³-hybridized carbons (Fsp3) is 0.667. The van der Waals surface area contributed by atoms with Gasteiger partial charge in [-0.25, -0.2) is 4.98 Å². The number of hydrogen-bond donors (Lipinski definition) is 3. The number of nitrogens with one attached hydrogen (secondary N) is 1. The van der Waals surface area contributed by atoms with Crippen LogP contribution in [-0.2, 0) is 0 Å². The van der Waals surface area contributed by atoms with Crippen molar-refractivity contribution in [3.05, 3.63) is 4.88 Å². The van der Waals surface area contributed by atoms with Crippen LogP contribution < -0.4 is 11.1 Å². The molecule has 0 radical (unpaired) electrons. The number of nitrogens with zero attached hydrogens (tertiary/aromatic N) is 2. The van der Waals surface area contributed by atoms with E-state index in [4.69, 9.17) is 5.73 Å². The van der Waals surface area contributed by atoms with E-state index in [1.807, 2.05) is 0 Å². The molecule has 0 aromatic carbocycles. The summed E-state index contributed by atoms with van der Waals surface area (Å²) >= 11 is 1.24. The smallest absolute Gasteiger partial charge is 0.267 e. The van der Waals surface area contributed by atoms with Gasteiger partial charge in [0.25, 0.3) is 5.91 Å². The lowest BCUT2D eigenvalue weighted by atomic mass is 10.2. The van der Waals surface area contributed by atoms with Crippen molar-refractivity contribution in [2.24, 2.45) is 5.92 Å². The Morgan fingerprint density at radius 3 is 2.68 bits per heavy atom. The Morgan fingerprint density at radius 1 is 1.53 bits per heavy atom. The number of rotatable bonds is 6. The highest BCUT2D eigenvalue weighted by atomic mass is 32.1. The Morgan fingerprint density at radius 2 is 2.16 bits per heavy atom. The maximum absolute atomic E-state index is 12.1. The molecule has 1 heterocycles. The lowest BCUT2D eigenvalue weighted by molar-refractivity contribution is 0.0709. The lowest BCUT2D eigenvalue weighted by Crippen LogP contribution is -2.32. The van der Waals surface area contributed by atoms with Crippen LogP contribution in [0.15, 0.2) is 0 Å². The minimum absolute atomic E-state index is 0.214. The minimum atomic E-state index is -0.568. The molecule has 1 rings (SSSR count). The lowest BCUT2D eigenvalue weighted by Gasteiger charge is -2.17. The predicted octanol–water partition coefficient (Wildman–Crippen LogP) is 1.25. The normalized spacial score (nSPS) is 12.5. The number of carbonyl (C=O) groups excluding carboxylic acids is 1. The third-order valence-corrected chi connectivity index (χ3v) is 3.41. The van der Waals surface area contributed by atoms with Crippen LogP contribution >= 0.6 is 11.3 Å². The van der Waals surface area contributed by atoms with Gasteiger partial charge >= 0.3 is 0 Å². The summed E-state index contributed by atoms with van der Waals surface area (Å²) < 4.78 is 0. The third kappa shape index (κ3) is 4.68. The predicted molar refractivity (Wildman–Crippen MR) is 78.5 cm³/mol. The molecule has 0 saturated heterocycles. The number of nitrogens with two attached hydrogens (primary N) is 1. The zero-order valence-electron chi connectivity index (χ0n) is 11.8. The Kier molecular flexibility index (Phi) is 5.56. The highest BCUT2D eigenvalue weighted by molar-refractivity contribution is 7.18. The van der Waals surface area contributed by atoms with Gasteiger partial charge in [-0.05, 0) is 12.8 Å². The molecule has 0 spiro atoms. The molecule has 1 atom stereocenters. The van der Waals surface area contributed by atoms with Gasteiger partial charge in [0.1, 0.15) is 10.7 Å². The van der Waals surface area contributed by atoms with Crippen LogP contribution in [0.2, 0.25) is 0 Å². The molecule has 1 unspecified atom stereocenters. The molecule has 6 nitrogen and oxygen atoms in total. The van der Waals surface area contributed by atoms with E-state index in [-0.39, 0.29) is 18.3 Å². The van der Waals surface area contributed by atoms with E-state index in [2.05, 4.69) is 24.1 Å². The molecule has 1 aromatic heterocycles. The topological polar surface area (TPSA) is 91.5 Å². The standard InChI is InChI=1S/C12H22N4O2S/c1-7(2)5-14-12-15-10(13)9(19-12)11(18)16(4)6-8(3)17/h7-8,17H,5-6,13H2,1-4H3,(H,14,15). The van der Waals surface area contributed by atoms with E-state index >= 15 is 0 Å². The van der Waals surface area contributed by atoms with Crippen molar-refractivity contribution in [3.63, 3.8) is 0 Å². The van der Waals surface area contributed by atoms with Crippen molar-refractivity contribution in [3.8, 4) is 0 Å². The van der Waals surface area contributed by atoms with Gasteiger partial charge in [-0.3, -0.25) is 4.79 Å². The first-order chi connectivity index (χ1) is 8.81. The average Bonchev–Trinajstić information content (AvgIpc) is 2.66. The number of thiazole rings is 1. The van der Waals surface area contributed by atoms with Crippen molar-refractivity contribution in [2.45, 2.75) is 26.9 Å². The van der Waals surface area contributed by atoms with Crippen LogP contribution in [0.3, 0.4) is 0 Å². The van der Waals surface area contributed by atoms with Crippen LogP contribution in [0.25, 0.3) is 0 Å². The van der Waals surface area contributed by atoms with Gasteiger partial charge in [-0.1, -0.05) is 25.2 Å². The Hall–Kier alpha value is -1.34. The molecule has 108 valence electrons. The molecule has 1 amide bonds. The molecular formula is C12H22N4O2S. The monoisotopic (exact) mass is 286 g/mol. The molecule has 0 saturated carbocycles. The number of amides is 1. The first-order valence-electron chi connectivity index (χ1n) is 6.25. The number of aliphatic hydroxyl groups excluding tert-OH is 1. The van der Waals surface area contributed by atoms with Gasteiger partial charge in [0.2, 0.25) is 0 Å². The third-order valence-electron chi connectivity index (χ3n) is 2.39. The summed E-state index contributed by atoms with van der Waals surface area (Å²) in [7, 11) is 1.63. The van der Waals surface area contributed by atoms with E-state index in [1.165, 1.54) is 16.2 Å². The van der Waals surface area contributed by atoms with Crippen LogP contribution in [0.1, 0.15) is 30.4 Å². The molecule has 0 fully saturated rings. The van der Waals surface area contributed by atoms with Crippen molar-refractivity contribution in [1.82, 2.24) is 9.88 Å². The van der Waals surface area contributed by atoms with E-state index in [1.54, 1.807) is 14.0 Å². The fourth-order valence-electron chi connectivity index (χ4n) is 1.50. The summed E-state index contributed by atoms with van der Waals surface area (Å²) in [5.41, 5.74) is 5.77. The molecule has 0 aliphatic heterocycles. The molecule has 4 N–H and O–H groups in total. The van der Waals surface area contributed by atoms with Gasteiger partial charge in [0, 0.05) is 20.1 Å². The second-order valence-corrected chi connectivity index (χ2v) is 6.04. The van der Waals surface area contributed by atoms with Crippen LogP contribution in [0, 0.1) is 5.92 Å². The van der Waals surface area contributed by atoms with Gasteiger partial charge in [-0.15, -0.1) is 0 Å². The van der Waals surface area contributed by atoms with Crippen LogP contribution in [-0.4, -0.2) is 47.1 Å². The molecule has 0 aliphatic rings. The quantitative estimate of drug-likeness (QED) is 0.732. The highest BCUT2D eigenvalue weighted by Gasteiger charge is 2.20. The molecule has 19 heavy (non-hydrogen) atoms. The second-order valence-electron chi connectivity index (χ2n) is 5.04. The number of aliphatic hydroxyl groups is 1. The number of anilines is 2. The van der Waals surface area contributed by atoms with E-state index in [9.17, 15) is 9.90 Å². The zero-order chi connectivity index (χ0) is 14.6. The summed E-state index contributed by atoms with van der Waals surface area (Å²) in [6, 6.07) is 0. The summed E-state index contributed by atoms with van der Waals surface area (Å²) in [5.74, 6) is 0.509. The second kappa shape index (κ2) is 6.72. The molecule has 0 bridgehead atoms. The van der Waals surface area contributed by atoms with Crippen molar-refractivity contribution >= 4 is 28.2 Å². The van der Waals surface area contributed by atoms with E-state index in [0.29, 0.717) is 15.9 Å². The van der Waals surface area contributed by atoms with E-state index < -0.39 is 6.10 Å². The van der Waals surface area contributed by atoms with Gasteiger partial charge in [0.05, 0.1) is 6.10 Å². The summed E-state index contributed by atoms with van der Waals surface area (Å²) in [6.45, 7) is 6.86. The Balaban J connectivity index is 2.75. The number of likely N-dealkylation sites (N-methyl/N-ethyl adjacent to an activating group) is 1. The maximum Gasteiger partial charge on any atom is 0.267 e. The largest absolute Gasteiger partial charge is 0.392 e. The van der Waals surface area contributed by atoms with Crippen LogP contribution in [0.4, 0.5) is 10.9 Å². The SMILES string of the molecule is CC(C)CNc1nc(N)c(C(=O)N(C)CC(C)O)s1. The molecular weight excluding hydrogens is 264 g/mol. The van der Waals surface area contributed by atoms with E-state index in [0.717, 1.165) is 6.54 Å². The summed E-state index contributed by atoms with van der Waals surface area (Å²) in [5, 5.41) is 13.1. The highest BCUT2D eigenvalue weighted by Crippen LogP contribution is 2.26. The number of nitrogen functional groups attached to an aromatic ring is 1. The van der Waals surface area contributed by atoms with Crippen molar-refractivity contribution < 1.29 is 9.90 Å². The zero-order valence-corrected chi connectivity index (χ0v) is 12.6. The Labute approximate surface area is 117 Å². The van der Waals surface area contributed by atoms with Gasteiger partial charge < -0.3 is 21.1 Å². The molecule has 0 aliphatic carbocycles. The van der Waals surface area contributed by atoms with Crippen molar-refractivity contribution in [1.29, 1.82) is 0 Å². The van der Waals surface area contributed by atoms with Crippen molar-refractivity contribution in [2.75, 3.05) is 31.2 Å². The number of hydrogen-bond acceptors (Lipinski definition) is 6. The van der Waals surface area contributed by atoms with Gasteiger partial charge in [0.15, 0.2) is 5.13 Å². The summed E-state index contributed by atoms with van der Waals surface area (Å²) in [4.78, 5) is 18.1. The number of carbonyl (C=O) groups is 1. The van der Waals surface area contributed by atoms with Crippen LogP contribution in [0.5, 0.6) is 0 Å². The first kappa shape index (κ1) is 15.7. The fourth-order valence-corrected chi connectivity index (χ4v) is 2.39. The first-order valence-corrected chi connectivity index (χ1v) is 7.06.